The van der Waals surface area contributed by atoms with Crippen LogP contribution in [0.4, 0.5) is 0 Å². The van der Waals surface area contributed by atoms with Crippen molar-refractivity contribution in [3.05, 3.63) is 29.8 Å². The van der Waals surface area contributed by atoms with Crippen molar-refractivity contribution in [3.8, 4) is 5.75 Å². The van der Waals surface area contributed by atoms with E-state index in [9.17, 15) is 15.0 Å². The Kier molecular flexibility index (Phi) is 5.32. The summed E-state index contributed by atoms with van der Waals surface area (Å²) in [6.45, 7) is 3.32. The molecule has 0 bridgehead atoms. The zero-order valence-electron chi connectivity index (χ0n) is 11.5. The van der Waals surface area contributed by atoms with Gasteiger partial charge in [0.25, 0.3) is 0 Å². The molecule has 3 N–H and O–H groups in total. The lowest BCUT2D eigenvalue weighted by Gasteiger charge is -2.28. The van der Waals surface area contributed by atoms with Gasteiger partial charge in [0.2, 0.25) is 0 Å². The molecule has 0 fully saturated rings. The van der Waals surface area contributed by atoms with Crippen LogP contribution in [0.25, 0.3) is 0 Å². The maximum Gasteiger partial charge on any atom is 0.323 e. The van der Waals surface area contributed by atoms with E-state index in [2.05, 4.69) is 5.32 Å². The second kappa shape index (κ2) is 6.54. The summed E-state index contributed by atoms with van der Waals surface area (Å²) in [6, 6.07) is 7.17. The van der Waals surface area contributed by atoms with E-state index in [-0.39, 0.29) is 12.7 Å². The Hall–Kier alpha value is -1.59. The number of aliphatic carboxylic acids is 1. The number of carboxylic acids is 1. The first-order valence-electron chi connectivity index (χ1n) is 6.20. The summed E-state index contributed by atoms with van der Waals surface area (Å²) in [5, 5.41) is 21.2. The van der Waals surface area contributed by atoms with Crippen LogP contribution in [0.1, 0.15) is 25.8 Å². The Morgan fingerprint density at radius 1 is 1.47 bits per heavy atom. The molecule has 0 amide bonds. The first-order chi connectivity index (χ1) is 8.92. The van der Waals surface area contributed by atoms with E-state index in [1.54, 1.807) is 26.1 Å². The average molecular weight is 267 g/mol. The molecule has 0 saturated heterocycles. The number of hydrogen-bond donors (Lipinski definition) is 3. The molecule has 1 aromatic carbocycles. The number of benzene rings is 1. The quantitative estimate of drug-likeness (QED) is 0.696. The van der Waals surface area contributed by atoms with Gasteiger partial charge >= 0.3 is 5.97 Å². The molecule has 0 heterocycles. The van der Waals surface area contributed by atoms with Crippen molar-refractivity contribution in [2.45, 2.75) is 38.5 Å². The standard InChI is InChI=1S/C14H21NO4/c1-10(8-14(2,15-3)13(17)18)19-12-7-5-4-6-11(12)9-16/h4-7,10,15-16H,8-9H2,1-3H3,(H,17,18). The van der Waals surface area contributed by atoms with Crippen molar-refractivity contribution in [2.75, 3.05) is 7.05 Å². The Labute approximate surface area is 113 Å². The van der Waals surface area contributed by atoms with Crippen molar-refractivity contribution in [1.29, 1.82) is 0 Å². The molecule has 0 saturated carbocycles. The molecule has 0 aliphatic rings. The van der Waals surface area contributed by atoms with Crippen molar-refractivity contribution < 1.29 is 19.7 Å². The highest BCUT2D eigenvalue weighted by Gasteiger charge is 2.33. The van der Waals surface area contributed by atoms with E-state index < -0.39 is 11.5 Å². The number of hydrogen-bond acceptors (Lipinski definition) is 4. The molecular formula is C14H21NO4. The van der Waals surface area contributed by atoms with Gasteiger partial charge in [0.1, 0.15) is 11.3 Å². The number of carboxylic acid groups (broad SMARTS) is 1. The molecule has 0 aliphatic heterocycles. The van der Waals surface area contributed by atoms with Crippen LogP contribution >= 0.6 is 0 Å². The fraction of sp³-hybridized carbons (Fsp3) is 0.500. The van der Waals surface area contributed by atoms with Crippen LogP contribution in [0.2, 0.25) is 0 Å². The number of para-hydroxylation sites is 1. The van der Waals surface area contributed by atoms with Crippen molar-refractivity contribution >= 4 is 5.97 Å². The van der Waals surface area contributed by atoms with E-state index in [1.165, 1.54) is 0 Å². The van der Waals surface area contributed by atoms with E-state index >= 15 is 0 Å². The number of aliphatic hydroxyl groups is 1. The molecule has 5 nitrogen and oxygen atoms in total. The Morgan fingerprint density at radius 2 is 2.11 bits per heavy atom. The van der Waals surface area contributed by atoms with Crippen LogP contribution in [-0.2, 0) is 11.4 Å². The molecule has 1 aromatic rings. The lowest BCUT2D eigenvalue weighted by molar-refractivity contribution is -0.145. The van der Waals surface area contributed by atoms with Crippen LogP contribution in [0.5, 0.6) is 5.75 Å². The summed E-state index contributed by atoms with van der Waals surface area (Å²) in [5.41, 5.74) is -0.344. The number of likely N-dealkylation sites (N-methyl/N-ethyl adjacent to an activating group) is 1. The molecule has 2 unspecified atom stereocenters. The average Bonchev–Trinajstić information content (AvgIpc) is 2.38. The minimum Gasteiger partial charge on any atom is -0.490 e. The monoisotopic (exact) mass is 267 g/mol. The second-order valence-corrected chi connectivity index (χ2v) is 4.79. The maximum atomic E-state index is 11.2. The van der Waals surface area contributed by atoms with Gasteiger partial charge in [-0.2, -0.15) is 0 Å². The third-order valence-electron chi connectivity index (χ3n) is 3.19. The van der Waals surface area contributed by atoms with Gasteiger partial charge in [0.05, 0.1) is 12.7 Å². The van der Waals surface area contributed by atoms with E-state index in [0.29, 0.717) is 17.7 Å². The fourth-order valence-corrected chi connectivity index (χ4v) is 1.88. The van der Waals surface area contributed by atoms with Crippen LogP contribution < -0.4 is 10.1 Å². The Balaban J connectivity index is 2.74. The number of ether oxygens (including phenoxy) is 1. The van der Waals surface area contributed by atoms with Crippen molar-refractivity contribution in [2.24, 2.45) is 0 Å². The minimum absolute atomic E-state index is 0.106. The summed E-state index contributed by atoms with van der Waals surface area (Å²) in [7, 11) is 1.61. The summed E-state index contributed by atoms with van der Waals surface area (Å²) in [5.74, 6) is -0.331. The SMILES string of the molecule is CNC(C)(CC(C)Oc1ccccc1CO)C(=O)O. The molecular weight excluding hydrogens is 246 g/mol. The Bertz CT molecular complexity index is 435. The third-order valence-corrected chi connectivity index (χ3v) is 3.19. The highest BCUT2D eigenvalue weighted by molar-refractivity contribution is 5.78. The topological polar surface area (TPSA) is 78.8 Å². The van der Waals surface area contributed by atoms with Crippen molar-refractivity contribution in [1.82, 2.24) is 5.32 Å². The first kappa shape index (κ1) is 15.5. The van der Waals surface area contributed by atoms with Gasteiger partial charge in [-0.05, 0) is 27.0 Å². The molecule has 19 heavy (non-hydrogen) atoms. The summed E-state index contributed by atoms with van der Waals surface area (Å²) in [4.78, 5) is 11.2. The normalized spacial score (nSPS) is 15.6. The maximum absolute atomic E-state index is 11.2. The van der Waals surface area contributed by atoms with Crippen LogP contribution in [0.3, 0.4) is 0 Å². The summed E-state index contributed by atoms with van der Waals surface area (Å²) < 4.78 is 5.72. The van der Waals surface area contributed by atoms with Gasteiger partial charge in [-0.3, -0.25) is 4.79 Å². The molecule has 2 atom stereocenters. The number of nitrogens with one attached hydrogen (secondary N) is 1. The first-order valence-corrected chi connectivity index (χ1v) is 6.20. The summed E-state index contributed by atoms with van der Waals surface area (Å²) in [6.07, 6.45) is 0.0275. The number of aliphatic hydroxyl groups excluding tert-OH is 1. The van der Waals surface area contributed by atoms with E-state index in [1.807, 2.05) is 19.1 Å². The number of carbonyl (C=O) groups is 1. The molecule has 5 heteroatoms. The van der Waals surface area contributed by atoms with Crippen LogP contribution in [0.15, 0.2) is 24.3 Å². The number of rotatable bonds is 7. The zero-order valence-corrected chi connectivity index (χ0v) is 11.5. The van der Waals surface area contributed by atoms with Crippen molar-refractivity contribution in [3.63, 3.8) is 0 Å². The smallest absolute Gasteiger partial charge is 0.323 e. The molecule has 0 aliphatic carbocycles. The largest absolute Gasteiger partial charge is 0.490 e. The minimum atomic E-state index is -1.03. The highest BCUT2D eigenvalue weighted by Crippen LogP contribution is 2.22. The Morgan fingerprint density at radius 3 is 2.63 bits per heavy atom. The highest BCUT2D eigenvalue weighted by atomic mass is 16.5. The van der Waals surface area contributed by atoms with Gasteiger partial charge in [0, 0.05) is 12.0 Å². The third kappa shape index (κ3) is 3.94. The molecule has 0 radical (unpaired) electrons. The molecule has 1 rings (SSSR count). The lowest BCUT2D eigenvalue weighted by Crippen LogP contribution is -2.50. The lowest BCUT2D eigenvalue weighted by atomic mass is 9.95. The van der Waals surface area contributed by atoms with Gasteiger partial charge in [-0.25, -0.2) is 0 Å². The van der Waals surface area contributed by atoms with E-state index in [0.717, 1.165) is 0 Å². The van der Waals surface area contributed by atoms with Gasteiger partial charge in [-0.1, -0.05) is 18.2 Å². The zero-order chi connectivity index (χ0) is 14.5. The molecule has 106 valence electrons. The van der Waals surface area contributed by atoms with Gasteiger partial charge in [-0.15, -0.1) is 0 Å². The van der Waals surface area contributed by atoms with E-state index in [4.69, 9.17) is 4.74 Å². The second-order valence-electron chi connectivity index (χ2n) is 4.79. The molecule has 0 aromatic heterocycles. The summed E-state index contributed by atoms with van der Waals surface area (Å²) >= 11 is 0. The predicted molar refractivity (Wildman–Crippen MR) is 72.2 cm³/mol. The van der Waals surface area contributed by atoms with Crippen LogP contribution in [-0.4, -0.2) is 34.9 Å². The van der Waals surface area contributed by atoms with Crippen LogP contribution in [0, 0.1) is 0 Å². The van der Waals surface area contributed by atoms with Gasteiger partial charge < -0.3 is 20.3 Å². The fourth-order valence-electron chi connectivity index (χ4n) is 1.88. The van der Waals surface area contributed by atoms with Gasteiger partial charge in [0.15, 0.2) is 0 Å². The molecule has 0 spiro atoms. The predicted octanol–water partition coefficient (Wildman–Crippen LogP) is 1.40.